The molecule has 0 bridgehead atoms. The summed E-state index contributed by atoms with van der Waals surface area (Å²) in [5, 5.41) is 0. The molecule has 0 saturated heterocycles. The van der Waals surface area contributed by atoms with Crippen LogP contribution >= 0.6 is 0 Å². The van der Waals surface area contributed by atoms with Crippen LogP contribution in [0.3, 0.4) is 0 Å². The molecule has 2 aliphatic heterocycles. The summed E-state index contributed by atoms with van der Waals surface area (Å²) >= 11 is 0. The van der Waals surface area contributed by atoms with E-state index in [2.05, 4.69) is 0 Å². The fourth-order valence-electron chi connectivity index (χ4n) is 2.12. The van der Waals surface area contributed by atoms with Crippen molar-refractivity contribution >= 4 is 0 Å². The van der Waals surface area contributed by atoms with E-state index in [1.807, 2.05) is 48.5 Å². The molecule has 0 amide bonds. The third-order valence-electron chi connectivity index (χ3n) is 3.06. The van der Waals surface area contributed by atoms with Crippen LogP contribution < -0.4 is 9.47 Å². The monoisotopic (exact) mass is 226 g/mol. The van der Waals surface area contributed by atoms with E-state index < -0.39 is 0 Å². The van der Waals surface area contributed by atoms with Gasteiger partial charge in [0.15, 0.2) is 0 Å². The number of hydrogen-bond donors (Lipinski definition) is 0. The molecule has 2 heterocycles. The number of benzene rings is 2. The number of rotatable bonds is 2. The van der Waals surface area contributed by atoms with Crippen molar-refractivity contribution < 1.29 is 14.2 Å². The highest BCUT2D eigenvalue weighted by Gasteiger charge is 2.37. The maximum absolute atomic E-state index is 5.73. The molecule has 0 aliphatic carbocycles. The van der Waals surface area contributed by atoms with Crippen LogP contribution in [0.5, 0.6) is 11.5 Å². The quantitative estimate of drug-likeness (QED) is 0.787. The van der Waals surface area contributed by atoms with Gasteiger partial charge < -0.3 is 9.47 Å². The Balaban J connectivity index is 1.52. The highest BCUT2D eigenvalue weighted by atomic mass is 16.8. The molecule has 0 radical (unpaired) electrons. The van der Waals surface area contributed by atoms with E-state index in [4.69, 9.17) is 14.2 Å². The van der Waals surface area contributed by atoms with Crippen molar-refractivity contribution in [1.82, 2.24) is 0 Å². The molecule has 2 atom stereocenters. The molecule has 2 aromatic rings. The van der Waals surface area contributed by atoms with Crippen molar-refractivity contribution in [3.63, 3.8) is 0 Å². The van der Waals surface area contributed by atoms with Crippen molar-refractivity contribution in [1.29, 1.82) is 0 Å². The molecular weight excluding hydrogens is 216 g/mol. The first-order valence-corrected chi connectivity index (χ1v) is 5.58. The Morgan fingerprint density at radius 2 is 1.18 bits per heavy atom. The first kappa shape index (κ1) is 9.07. The molecule has 3 nitrogen and oxygen atoms in total. The van der Waals surface area contributed by atoms with Gasteiger partial charge in [-0.3, -0.25) is 4.74 Å². The van der Waals surface area contributed by atoms with E-state index in [9.17, 15) is 0 Å². The Morgan fingerprint density at radius 3 is 1.65 bits per heavy atom. The third kappa shape index (κ3) is 1.26. The molecular formula is C14H10O3. The molecule has 84 valence electrons. The Hall–Kier alpha value is -2.00. The van der Waals surface area contributed by atoms with E-state index >= 15 is 0 Å². The predicted octanol–water partition coefficient (Wildman–Crippen LogP) is 3.19. The smallest absolute Gasteiger partial charge is 0.233 e. The van der Waals surface area contributed by atoms with Gasteiger partial charge in [-0.2, -0.15) is 0 Å². The zero-order valence-corrected chi connectivity index (χ0v) is 9.00. The molecule has 0 fully saturated rings. The van der Waals surface area contributed by atoms with Gasteiger partial charge in [0.1, 0.15) is 11.5 Å². The maximum atomic E-state index is 5.73. The second kappa shape index (κ2) is 3.25. The van der Waals surface area contributed by atoms with Crippen molar-refractivity contribution in [2.24, 2.45) is 0 Å². The van der Waals surface area contributed by atoms with E-state index in [-0.39, 0.29) is 12.6 Å². The standard InChI is InChI=1S/C14H10O3/c1-3-7-11-9(5-1)13(15-11)17-14-10-6-2-4-8-12(10)16-14/h1-8,13-14H. The Bertz CT molecular complexity index is 528. The molecule has 2 aliphatic rings. The number of hydrogen-bond acceptors (Lipinski definition) is 3. The Labute approximate surface area is 98.5 Å². The molecule has 4 rings (SSSR count). The normalized spacial score (nSPS) is 23.3. The molecule has 0 saturated carbocycles. The van der Waals surface area contributed by atoms with Crippen molar-refractivity contribution in [3.05, 3.63) is 59.7 Å². The Morgan fingerprint density at radius 1 is 0.706 bits per heavy atom. The topological polar surface area (TPSA) is 27.7 Å². The number of fused-ring (bicyclic) bond motifs is 2. The lowest BCUT2D eigenvalue weighted by atomic mass is 10.1. The zero-order chi connectivity index (χ0) is 11.2. The fourth-order valence-corrected chi connectivity index (χ4v) is 2.12. The average molecular weight is 226 g/mol. The molecule has 3 heteroatoms. The van der Waals surface area contributed by atoms with Crippen LogP contribution in [-0.4, -0.2) is 0 Å². The lowest BCUT2D eigenvalue weighted by Gasteiger charge is -2.37. The van der Waals surface area contributed by atoms with Gasteiger partial charge in [-0.05, 0) is 24.3 Å². The summed E-state index contributed by atoms with van der Waals surface area (Å²) < 4.78 is 16.7. The molecule has 2 aromatic carbocycles. The van der Waals surface area contributed by atoms with Crippen molar-refractivity contribution in [3.8, 4) is 11.5 Å². The van der Waals surface area contributed by atoms with Gasteiger partial charge in [0, 0.05) is 0 Å². The summed E-state index contributed by atoms with van der Waals surface area (Å²) in [5.41, 5.74) is 2.17. The number of para-hydroxylation sites is 2. The third-order valence-corrected chi connectivity index (χ3v) is 3.06. The van der Waals surface area contributed by atoms with Gasteiger partial charge in [0.2, 0.25) is 12.6 Å². The van der Waals surface area contributed by atoms with Crippen LogP contribution in [-0.2, 0) is 4.74 Å². The minimum atomic E-state index is -0.301. The molecule has 0 spiro atoms. The SMILES string of the molecule is c1ccc2c(c1)OC2OC1Oc2ccccc21. The van der Waals surface area contributed by atoms with Crippen LogP contribution in [0.25, 0.3) is 0 Å². The minimum absolute atomic E-state index is 0.301. The van der Waals surface area contributed by atoms with E-state index in [1.54, 1.807) is 0 Å². The summed E-state index contributed by atoms with van der Waals surface area (Å²) in [6.07, 6.45) is -0.603. The minimum Gasteiger partial charge on any atom is -0.460 e. The summed E-state index contributed by atoms with van der Waals surface area (Å²) in [4.78, 5) is 0. The molecule has 17 heavy (non-hydrogen) atoms. The molecule has 2 unspecified atom stereocenters. The second-order valence-electron chi connectivity index (χ2n) is 4.11. The van der Waals surface area contributed by atoms with Crippen LogP contribution in [0.4, 0.5) is 0 Å². The van der Waals surface area contributed by atoms with E-state index in [0.717, 1.165) is 22.6 Å². The molecule has 0 N–H and O–H groups in total. The zero-order valence-electron chi connectivity index (χ0n) is 9.00. The van der Waals surface area contributed by atoms with Crippen molar-refractivity contribution in [2.45, 2.75) is 12.6 Å². The van der Waals surface area contributed by atoms with Crippen LogP contribution in [0, 0.1) is 0 Å². The summed E-state index contributed by atoms with van der Waals surface area (Å²) in [7, 11) is 0. The van der Waals surface area contributed by atoms with Gasteiger partial charge in [-0.25, -0.2) is 0 Å². The lowest BCUT2D eigenvalue weighted by Crippen LogP contribution is -2.29. The Kier molecular flexibility index (Phi) is 1.73. The first-order chi connectivity index (χ1) is 8.42. The van der Waals surface area contributed by atoms with Crippen LogP contribution in [0.1, 0.15) is 23.7 Å². The lowest BCUT2D eigenvalue weighted by molar-refractivity contribution is -0.227. The molecule has 0 aromatic heterocycles. The summed E-state index contributed by atoms with van der Waals surface area (Å²) in [6.45, 7) is 0. The van der Waals surface area contributed by atoms with E-state index in [1.165, 1.54) is 0 Å². The largest absolute Gasteiger partial charge is 0.460 e. The first-order valence-electron chi connectivity index (χ1n) is 5.58. The fraction of sp³-hybridized carbons (Fsp3) is 0.143. The van der Waals surface area contributed by atoms with Gasteiger partial charge >= 0.3 is 0 Å². The van der Waals surface area contributed by atoms with Gasteiger partial charge in [0.25, 0.3) is 0 Å². The van der Waals surface area contributed by atoms with Crippen molar-refractivity contribution in [2.75, 3.05) is 0 Å². The van der Waals surface area contributed by atoms with Gasteiger partial charge in [0.05, 0.1) is 11.1 Å². The second-order valence-corrected chi connectivity index (χ2v) is 4.11. The van der Waals surface area contributed by atoms with Gasteiger partial charge in [-0.15, -0.1) is 0 Å². The summed E-state index contributed by atoms with van der Waals surface area (Å²) in [6, 6.07) is 15.7. The van der Waals surface area contributed by atoms with Gasteiger partial charge in [-0.1, -0.05) is 24.3 Å². The predicted molar refractivity (Wildman–Crippen MR) is 60.7 cm³/mol. The van der Waals surface area contributed by atoms with E-state index in [0.29, 0.717) is 0 Å². The average Bonchev–Trinajstić information content (AvgIpc) is 2.31. The summed E-state index contributed by atoms with van der Waals surface area (Å²) in [5.74, 6) is 1.79. The van der Waals surface area contributed by atoms with Crippen LogP contribution in [0.2, 0.25) is 0 Å². The maximum Gasteiger partial charge on any atom is 0.233 e. The highest BCUT2D eigenvalue weighted by molar-refractivity contribution is 5.42. The highest BCUT2D eigenvalue weighted by Crippen LogP contribution is 2.46. The number of ether oxygens (including phenoxy) is 3. The van der Waals surface area contributed by atoms with Crippen LogP contribution in [0.15, 0.2) is 48.5 Å².